The number of methoxy groups -OCH3 is 1. The highest BCUT2D eigenvalue weighted by Gasteiger charge is 2.25. The number of para-hydroxylation sites is 1. The highest BCUT2D eigenvalue weighted by Crippen LogP contribution is 2.29. The zero-order valence-electron chi connectivity index (χ0n) is 11.1. The molecule has 1 saturated heterocycles. The van der Waals surface area contributed by atoms with Crippen LogP contribution in [0, 0.1) is 11.3 Å². The first kappa shape index (κ1) is 14.6. The lowest BCUT2D eigenvalue weighted by molar-refractivity contribution is 0.127. The number of ether oxygens (including phenoxy) is 2. The van der Waals surface area contributed by atoms with E-state index in [0.29, 0.717) is 12.4 Å². The lowest BCUT2D eigenvalue weighted by Crippen LogP contribution is -2.26. The average Bonchev–Trinajstić information content (AvgIpc) is 2.90. The Kier molecular flexibility index (Phi) is 4.47. The van der Waals surface area contributed by atoms with E-state index in [-0.39, 0.29) is 23.1 Å². The topological polar surface area (TPSA) is 88.4 Å². The SMILES string of the molecule is COc1cccc(C#N)c1NS(=O)(=O)CC1CCCO1. The molecule has 0 saturated carbocycles. The predicted molar refractivity (Wildman–Crippen MR) is 74.1 cm³/mol. The first-order valence-electron chi connectivity index (χ1n) is 6.25. The van der Waals surface area contributed by atoms with Gasteiger partial charge in [0.05, 0.1) is 24.5 Å². The number of hydrogen-bond acceptors (Lipinski definition) is 5. The Balaban J connectivity index is 2.22. The van der Waals surface area contributed by atoms with E-state index in [2.05, 4.69) is 4.72 Å². The highest BCUT2D eigenvalue weighted by atomic mass is 32.2. The summed E-state index contributed by atoms with van der Waals surface area (Å²) in [6, 6.07) is 6.72. The van der Waals surface area contributed by atoms with Gasteiger partial charge in [0.1, 0.15) is 17.5 Å². The largest absolute Gasteiger partial charge is 0.495 e. The van der Waals surface area contributed by atoms with Crippen LogP contribution in [0.15, 0.2) is 18.2 Å². The standard InChI is InChI=1S/C13H16N2O4S/c1-18-12-6-2-4-10(8-14)13(12)15-20(16,17)9-11-5-3-7-19-11/h2,4,6,11,15H,3,5,7,9H2,1H3. The number of nitrogens with one attached hydrogen (secondary N) is 1. The van der Waals surface area contributed by atoms with E-state index in [4.69, 9.17) is 14.7 Å². The van der Waals surface area contributed by atoms with Gasteiger partial charge in [-0.25, -0.2) is 8.42 Å². The molecule has 0 spiro atoms. The van der Waals surface area contributed by atoms with Crippen LogP contribution in [0.5, 0.6) is 5.75 Å². The molecular formula is C13H16N2O4S. The fourth-order valence-electron chi connectivity index (χ4n) is 2.12. The third kappa shape index (κ3) is 3.40. The van der Waals surface area contributed by atoms with Crippen molar-refractivity contribution in [2.24, 2.45) is 0 Å². The summed E-state index contributed by atoms with van der Waals surface area (Å²) < 4.78 is 37.1. The first-order valence-corrected chi connectivity index (χ1v) is 7.90. The summed E-state index contributed by atoms with van der Waals surface area (Å²) in [6.07, 6.45) is 1.32. The number of hydrogen-bond donors (Lipinski definition) is 1. The molecule has 1 aromatic rings. The van der Waals surface area contributed by atoms with Crippen molar-refractivity contribution in [1.82, 2.24) is 0 Å². The molecular weight excluding hydrogens is 280 g/mol. The molecule has 108 valence electrons. The van der Waals surface area contributed by atoms with Crippen LogP contribution in [0.25, 0.3) is 0 Å². The van der Waals surface area contributed by atoms with Crippen molar-refractivity contribution in [2.75, 3.05) is 24.2 Å². The molecule has 0 aliphatic carbocycles. The number of rotatable bonds is 5. The van der Waals surface area contributed by atoms with Crippen molar-refractivity contribution in [1.29, 1.82) is 5.26 Å². The van der Waals surface area contributed by atoms with Gasteiger partial charge >= 0.3 is 0 Å². The van der Waals surface area contributed by atoms with Gasteiger partial charge in [-0.1, -0.05) is 6.07 Å². The summed E-state index contributed by atoms with van der Waals surface area (Å²) in [5.41, 5.74) is 0.399. The van der Waals surface area contributed by atoms with Gasteiger partial charge in [0.25, 0.3) is 0 Å². The van der Waals surface area contributed by atoms with Gasteiger partial charge in [0.15, 0.2) is 0 Å². The summed E-state index contributed by atoms with van der Waals surface area (Å²) >= 11 is 0. The minimum absolute atomic E-state index is 0.115. The van der Waals surface area contributed by atoms with Crippen LogP contribution in [0.1, 0.15) is 18.4 Å². The Morgan fingerprint density at radius 2 is 2.35 bits per heavy atom. The van der Waals surface area contributed by atoms with Crippen LogP contribution < -0.4 is 9.46 Å². The molecule has 20 heavy (non-hydrogen) atoms. The summed E-state index contributed by atoms with van der Waals surface area (Å²) in [4.78, 5) is 0. The average molecular weight is 296 g/mol. The minimum Gasteiger partial charge on any atom is -0.495 e. The van der Waals surface area contributed by atoms with E-state index in [1.165, 1.54) is 13.2 Å². The second-order valence-electron chi connectivity index (χ2n) is 4.51. The molecule has 1 aliphatic heterocycles. The smallest absolute Gasteiger partial charge is 0.235 e. The maximum atomic E-state index is 12.1. The maximum Gasteiger partial charge on any atom is 0.235 e. The highest BCUT2D eigenvalue weighted by molar-refractivity contribution is 7.92. The van der Waals surface area contributed by atoms with Crippen molar-refractivity contribution >= 4 is 15.7 Å². The van der Waals surface area contributed by atoms with Gasteiger partial charge in [0, 0.05) is 6.61 Å². The molecule has 2 rings (SSSR count). The fraction of sp³-hybridized carbons (Fsp3) is 0.462. The van der Waals surface area contributed by atoms with Crippen molar-refractivity contribution in [2.45, 2.75) is 18.9 Å². The van der Waals surface area contributed by atoms with Crippen molar-refractivity contribution in [3.63, 3.8) is 0 Å². The van der Waals surface area contributed by atoms with Crippen LogP contribution in [0.4, 0.5) is 5.69 Å². The van der Waals surface area contributed by atoms with E-state index < -0.39 is 10.0 Å². The molecule has 1 aromatic carbocycles. The molecule has 0 radical (unpaired) electrons. The Morgan fingerprint density at radius 3 is 2.95 bits per heavy atom. The Hall–Kier alpha value is -1.78. The molecule has 1 aliphatic rings. The number of benzene rings is 1. The van der Waals surface area contributed by atoms with E-state index in [0.717, 1.165) is 12.8 Å². The van der Waals surface area contributed by atoms with Gasteiger partial charge in [0.2, 0.25) is 10.0 Å². The van der Waals surface area contributed by atoms with E-state index in [9.17, 15) is 8.42 Å². The molecule has 1 fully saturated rings. The van der Waals surface area contributed by atoms with Gasteiger partial charge < -0.3 is 9.47 Å². The second kappa shape index (κ2) is 6.11. The van der Waals surface area contributed by atoms with Crippen LogP contribution >= 0.6 is 0 Å². The van der Waals surface area contributed by atoms with Crippen molar-refractivity contribution < 1.29 is 17.9 Å². The van der Waals surface area contributed by atoms with E-state index >= 15 is 0 Å². The molecule has 0 aromatic heterocycles. The third-order valence-corrected chi connectivity index (χ3v) is 4.38. The van der Waals surface area contributed by atoms with Gasteiger partial charge in [-0.2, -0.15) is 5.26 Å². The van der Waals surface area contributed by atoms with Crippen LogP contribution in [0.2, 0.25) is 0 Å². The summed E-state index contributed by atoms with van der Waals surface area (Å²) in [5, 5.41) is 9.05. The van der Waals surface area contributed by atoms with Crippen LogP contribution in [0.3, 0.4) is 0 Å². The lowest BCUT2D eigenvalue weighted by Gasteiger charge is -2.15. The molecule has 0 bridgehead atoms. The van der Waals surface area contributed by atoms with Crippen LogP contribution in [-0.4, -0.2) is 34.0 Å². The van der Waals surface area contributed by atoms with E-state index in [1.54, 1.807) is 12.1 Å². The monoisotopic (exact) mass is 296 g/mol. The molecule has 1 N–H and O–H groups in total. The van der Waals surface area contributed by atoms with Gasteiger partial charge in [-0.05, 0) is 25.0 Å². The molecule has 6 nitrogen and oxygen atoms in total. The quantitative estimate of drug-likeness (QED) is 0.889. The lowest BCUT2D eigenvalue weighted by atomic mass is 10.2. The van der Waals surface area contributed by atoms with Gasteiger partial charge in [-0.3, -0.25) is 4.72 Å². The Morgan fingerprint density at radius 1 is 1.55 bits per heavy atom. The van der Waals surface area contributed by atoms with Crippen molar-refractivity contribution in [3.8, 4) is 11.8 Å². The fourth-order valence-corrected chi connectivity index (χ4v) is 3.47. The number of nitriles is 1. The molecule has 1 heterocycles. The minimum atomic E-state index is -3.59. The van der Waals surface area contributed by atoms with Crippen LogP contribution in [-0.2, 0) is 14.8 Å². The Bertz CT molecular complexity index is 616. The molecule has 1 atom stereocenters. The predicted octanol–water partition coefficient (Wildman–Crippen LogP) is 1.49. The third-order valence-electron chi connectivity index (χ3n) is 3.05. The number of anilines is 1. The van der Waals surface area contributed by atoms with Gasteiger partial charge in [-0.15, -0.1) is 0 Å². The maximum absolute atomic E-state index is 12.1. The summed E-state index contributed by atoms with van der Waals surface area (Å²) in [6.45, 7) is 0.596. The zero-order chi connectivity index (χ0) is 14.6. The number of nitrogens with zero attached hydrogens (tertiary/aromatic N) is 1. The summed E-state index contributed by atoms with van der Waals surface area (Å²) in [7, 11) is -2.16. The molecule has 1 unspecified atom stereocenters. The zero-order valence-corrected chi connectivity index (χ0v) is 11.9. The molecule has 0 amide bonds. The molecule has 7 heteroatoms. The van der Waals surface area contributed by atoms with Crippen molar-refractivity contribution in [3.05, 3.63) is 23.8 Å². The van der Waals surface area contributed by atoms with E-state index in [1.807, 2.05) is 6.07 Å². The summed E-state index contributed by atoms with van der Waals surface area (Å²) in [5.74, 6) is 0.204. The number of sulfonamides is 1. The second-order valence-corrected chi connectivity index (χ2v) is 6.28. The normalized spacial score (nSPS) is 18.5. The Labute approximate surface area is 118 Å². The first-order chi connectivity index (χ1) is 9.55.